The molecule has 0 spiro atoms. The fourth-order valence-electron chi connectivity index (χ4n) is 9.58. The minimum atomic E-state index is -2.45. The highest BCUT2D eigenvalue weighted by molar-refractivity contribution is 8.26. The number of aromatic nitrogens is 3. The molecule has 0 saturated carbocycles. The topological polar surface area (TPSA) is 30.2 Å². The van der Waals surface area contributed by atoms with Crippen LogP contribution in [0.25, 0.3) is 71.2 Å². The van der Waals surface area contributed by atoms with Crippen LogP contribution in [0.3, 0.4) is 0 Å². The fraction of sp³-hybridized carbons (Fsp3) is 0. The molecule has 298 valence electrons. The van der Waals surface area contributed by atoms with E-state index in [2.05, 4.69) is 229 Å². The second kappa shape index (κ2) is 15.1. The van der Waals surface area contributed by atoms with Gasteiger partial charge >= 0.3 is 0 Å². The quantitative estimate of drug-likeness (QED) is 0.118. The third-order valence-corrected chi connectivity index (χ3v) is 22.4. The fourth-order valence-corrected chi connectivity index (χ4v) is 17.3. The zero-order valence-electron chi connectivity index (χ0n) is 33.9. The summed E-state index contributed by atoms with van der Waals surface area (Å²) in [5.41, 5.74) is 6.04. The molecule has 63 heavy (non-hydrogen) atoms. The molecule has 0 saturated heterocycles. The number of hydrogen-bond acceptors (Lipinski definition) is 4. The summed E-state index contributed by atoms with van der Waals surface area (Å²) >= 11 is 13.7. The van der Waals surface area contributed by atoms with Gasteiger partial charge in [0.1, 0.15) is 5.65 Å². The predicted octanol–water partition coefficient (Wildman–Crippen LogP) is 11.7. The van der Waals surface area contributed by atoms with Gasteiger partial charge in [0.25, 0.3) is 0 Å². The SMILES string of the molecule is S=P(c1ccccc1)(c1ccccc1)c1ccc2nc3c4ccccc4c4ccc5cc(-c6ncc(P(=S)(c7ccccc7)c7ccccc7)c7ccccc67)ccc5c4n3c2c1. The number of pyridine rings is 2. The zero-order chi connectivity index (χ0) is 42.1. The number of fused-ring (bicyclic) bond motifs is 11. The van der Waals surface area contributed by atoms with Crippen LogP contribution < -0.4 is 31.8 Å². The van der Waals surface area contributed by atoms with Crippen molar-refractivity contribution in [2.75, 3.05) is 0 Å². The molecule has 0 radical (unpaired) electrons. The van der Waals surface area contributed by atoms with Crippen LogP contribution >= 0.6 is 12.1 Å². The maximum absolute atomic E-state index is 6.85. The van der Waals surface area contributed by atoms with Crippen LogP contribution in [0.2, 0.25) is 0 Å². The Morgan fingerprint density at radius 2 is 0.921 bits per heavy atom. The summed E-state index contributed by atoms with van der Waals surface area (Å²) in [4.78, 5) is 10.7. The lowest BCUT2D eigenvalue weighted by Crippen LogP contribution is -2.25. The molecule has 12 rings (SSSR count). The average molecular weight is 878 g/mol. The van der Waals surface area contributed by atoms with Crippen LogP contribution in [0.4, 0.5) is 0 Å². The molecule has 12 aromatic rings. The molecule has 3 aromatic heterocycles. The molecule has 0 aliphatic heterocycles. The first-order chi connectivity index (χ1) is 31.0. The maximum atomic E-state index is 6.85. The molecular weight excluding hydrogens is 841 g/mol. The molecular formula is C56H37N3P2S2. The van der Waals surface area contributed by atoms with Crippen molar-refractivity contribution in [1.82, 2.24) is 14.4 Å². The maximum Gasteiger partial charge on any atom is 0.146 e. The van der Waals surface area contributed by atoms with E-state index < -0.39 is 12.1 Å². The van der Waals surface area contributed by atoms with E-state index in [0.29, 0.717) is 0 Å². The Hall–Kier alpha value is -6.58. The summed E-state index contributed by atoms with van der Waals surface area (Å²) in [6.45, 7) is 0. The van der Waals surface area contributed by atoms with Crippen molar-refractivity contribution in [3.8, 4) is 11.3 Å². The molecule has 0 atom stereocenters. The smallest absolute Gasteiger partial charge is 0.146 e. The van der Waals surface area contributed by atoms with Gasteiger partial charge in [0.15, 0.2) is 0 Å². The van der Waals surface area contributed by atoms with Gasteiger partial charge < -0.3 is 0 Å². The van der Waals surface area contributed by atoms with Gasteiger partial charge in [-0.1, -0.05) is 224 Å². The van der Waals surface area contributed by atoms with E-state index in [1.54, 1.807) is 0 Å². The molecule has 0 aliphatic rings. The van der Waals surface area contributed by atoms with Gasteiger partial charge in [-0.3, -0.25) is 9.38 Å². The number of benzene rings is 9. The van der Waals surface area contributed by atoms with Crippen LogP contribution in [-0.2, 0) is 23.6 Å². The van der Waals surface area contributed by atoms with Gasteiger partial charge in [-0.2, -0.15) is 0 Å². The summed E-state index contributed by atoms with van der Waals surface area (Å²) < 4.78 is 2.39. The monoisotopic (exact) mass is 877 g/mol. The molecule has 9 aromatic carbocycles. The summed E-state index contributed by atoms with van der Waals surface area (Å²) in [5, 5.41) is 14.9. The van der Waals surface area contributed by atoms with Crippen molar-refractivity contribution in [2.45, 2.75) is 0 Å². The van der Waals surface area contributed by atoms with E-state index in [0.717, 1.165) is 81.6 Å². The third kappa shape index (κ3) is 5.92. The van der Waals surface area contributed by atoms with E-state index in [1.807, 2.05) is 0 Å². The Kier molecular flexibility index (Phi) is 9.11. The highest BCUT2D eigenvalue weighted by atomic mass is 32.4. The van der Waals surface area contributed by atoms with Crippen molar-refractivity contribution in [3.63, 3.8) is 0 Å². The van der Waals surface area contributed by atoms with Crippen molar-refractivity contribution >= 4 is 127 Å². The second-order valence-corrected chi connectivity index (χ2v) is 24.8. The van der Waals surface area contributed by atoms with Crippen LogP contribution in [0, 0.1) is 0 Å². The Morgan fingerprint density at radius 1 is 0.397 bits per heavy atom. The van der Waals surface area contributed by atoms with Gasteiger partial charge in [0.2, 0.25) is 0 Å². The van der Waals surface area contributed by atoms with Crippen molar-refractivity contribution in [1.29, 1.82) is 0 Å². The van der Waals surface area contributed by atoms with Crippen LogP contribution in [0.1, 0.15) is 0 Å². The van der Waals surface area contributed by atoms with Gasteiger partial charge in [-0.25, -0.2) is 4.98 Å². The lowest BCUT2D eigenvalue weighted by atomic mass is 9.97. The van der Waals surface area contributed by atoms with E-state index in [4.69, 9.17) is 33.6 Å². The van der Waals surface area contributed by atoms with Crippen molar-refractivity contribution in [3.05, 3.63) is 225 Å². The third-order valence-electron chi connectivity index (χ3n) is 12.5. The normalized spacial score (nSPS) is 12.3. The van der Waals surface area contributed by atoms with E-state index in [9.17, 15) is 0 Å². The molecule has 3 nitrogen and oxygen atoms in total. The second-order valence-electron chi connectivity index (χ2n) is 16.0. The first-order valence-corrected chi connectivity index (χ1v) is 26.6. The highest BCUT2D eigenvalue weighted by Crippen LogP contribution is 2.47. The summed E-state index contributed by atoms with van der Waals surface area (Å²) in [7, 11) is 0. The molecule has 0 aliphatic carbocycles. The van der Waals surface area contributed by atoms with E-state index in [-0.39, 0.29) is 0 Å². The molecule has 7 heteroatoms. The van der Waals surface area contributed by atoms with Gasteiger partial charge in [0.05, 0.1) is 22.2 Å². The average Bonchev–Trinajstić information content (AvgIpc) is 3.75. The Balaban J connectivity index is 1.09. The molecule has 0 amide bonds. The number of imidazole rings is 1. The van der Waals surface area contributed by atoms with Crippen molar-refractivity contribution < 1.29 is 0 Å². The lowest BCUT2D eigenvalue weighted by Gasteiger charge is -2.25. The minimum absolute atomic E-state index is 0.936. The highest BCUT2D eigenvalue weighted by Gasteiger charge is 2.29. The van der Waals surface area contributed by atoms with Gasteiger partial charge in [-0.05, 0) is 60.9 Å². The molecule has 0 fully saturated rings. The lowest BCUT2D eigenvalue weighted by molar-refractivity contribution is 1.32. The Morgan fingerprint density at radius 3 is 1.54 bits per heavy atom. The van der Waals surface area contributed by atoms with E-state index >= 15 is 0 Å². The predicted molar refractivity (Wildman–Crippen MR) is 278 cm³/mol. The molecule has 0 unspecified atom stereocenters. The Labute approximate surface area is 375 Å². The van der Waals surface area contributed by atoms with Gasteiger partial charge in [-0.15, -0.1) is 0 Å². The number of nitrogens with zero attached hydrogens (tertiary/aromatic N) is 3. The van der Waals surface area contributed by atoms with Crippen molar-refractivity contribution in [2.24, 2.45) is 0 Å². The summed E-state index contributed by atoms with van der Waals surface area (Å²) in [6, 6.07) is 72.9. The first-order valence-electron chi connectivity index (χ1n) is 21.0. The van der Waals surface area contributed by atoms with E-state index in [1.165, 1.54) is 21.4 Å². The van der Waals surface area contributed by atoms with Crippen LogP contribution in [0.15, 0.2) is 225 Å². The zero-order valence-corrected chi connectivity index (χ0v) is 37.3. The largest absolute Gasteiger partial charge is 0.291 e. The van der Waals surface area contributed by atoms with Gasteiger partial charge in [0, 0.05) is 50.7 Å². The molecule has 3 heterocycles. The molecule has 0 N–H and O–H groups in total. The van der Waals surface area contributed by atoms with Crippen LogP contribution in [-0.4, -0.2) is 14.4 Å². The van der Waals surface area contributed by atoms with Crippen LogP contribution in [0.5, 0.6) is 0 Å². The summed E-state index contributed by atoms with van der Waals surface area (Å²) in [6.07, 6.45) is 2.06. The number of hydrogen-bond donors (Lipinski definition) is 0. The molecule has 0 bridgehead atoms. The minimum Gasteiger partial charge on any atom is -0.291 e. The summed E-state index contributed by atoms with van der Waals surface area (Å²) in [5.74, 6) is 0. The standard InChI is InChI=1S/C56H37N3P2S2/c62-60(40-17-5-1-6-18-40,41-19-7-2-8-20-41)44-31-34-51-52(36-44)59-55-45-32-30-39(35-38(45)29-33-49(55)46-25-13-16-28-50(46)56(59)58-51)54-48-27-15-14-26-47(48)53(37-57-54)61(63,42-21-9-3-10-22-42)43-23-11-4-12-24-43/h1-37H. The number of rotatable bonds is 7. The first kappa shape index (κ1) is 38.1. The Bertz CT molecular complexity index is 3770.